The van der Waals surface area contributed by atoms with Gasteiger partial charge in [-0.15, -0.1) is 0 Å². The van der Waals surface area contributed by atoms with Crippen LogP contribution in [0, 0.1) is 34.5 Å². The molecule has 4 aliphatic rings. The Morgan fingerprint density at radius 2 is 1.89 bits per heavy atom. The van der Waals surface area contributed by atoms with E-state index >= 15 is 0 Å². The summed E-state index contributed by atoms with van der Waals surface area (Å²) in [6.45, 7) is -0.449. The highest BCUT2D eigenvalue weighted by atomic mass is 19.4. The summed E-state index contributed by atoms with van der Waals surface area (Å²) in [7, 11) is 0. The second-order valence-electron chi connectivity index (χ2n) is 10.3. The lowest BCUT2D eigenvalue weighted by Crippen LogP contribution is -2.58. The lowest BCUT2D eigenvalue weighted by atomic mass is 9.48. The van der Waals surface area contributed by atoms with Gasteiger partial charge in [-0.05, 0) is 61.3 Å². The monoisotopic (exact) mass is 486 g/mol. The number of rotatable bonds is 8. The van der Waals surface area contributed by atoms with Gasteiger partial charge in [0.2, 0.25) is 5.95 Å². The zero-order valence-electron chi connectivity index (χ0n) is 19.3. The number of aromatic nitrogens is 2. The van der Waals surface area contributed by atoms with Gasteiger partial charge in [0, 0.05) is 24.7 Å². The summed E-state index contributed by atoms with van der Waals surface area (Å²) in [6, 6.07) is 8.97. The molecule has 4 aliphatic carbocycles. The second-order valence-corrected chi connectivity index (χ2v) is 10.3. The molecule has 1 aromatic heterocycles. The van der Waals surface area contributed by atoms with Crippen molar-refractivity contribution in [2.24, 2.45) is 28.9 Å². The third-order valence-corrected chi connectivity index (χ3v) is 7.81. The Balaban J connectivity index is 1.25. The number of nitrogens with one attached hydrogen (secondary N) is 2. The maximum Gasteiger partial charge on any atom is 0.422 e. The molecule has 3 unspecified atom stereocenters. The van der Waals surface area contributed by atoms with Crippen molar-refractivity contribution >= 4 is 11.8 Å². The summed E-state index contributed by atoms with van der Waals surface area (Å²) in [5, 5.41) is 16.0. The number of nitrogens with zero attached hydrogens (tertiary/aromatic N) is 3. The zero-order chi connectivity index (χ0) is 24.6. The first-order valence-electron chi connectivity index (χ1n) is 12.0. The molecule has 1 heterocycles. The molecule has 4 saturated carbocycles. The minimum absolute atomic E-state index is 0.143. The van der Waals surface area contributed by atoms with Crippen LogP contribution in [0.1, 0.15) is 43.2 Å². The van der Waals surface area contributed by atoms with E-state index in [9.17, 15) is 18.4 Å². The van der Waals surface area contributed by atoms with E-state index in [1.54, 1.807) is 18.2 Å². The summed E-state index contributed by atoms with van der Waals surface area (Å²) >= 11 is 0. The largest absolute Gasteiger partial charge is 0.484 e. The summed E-state index contributed by atoms with van der Waals surface area (Å²) < 4.78 is 42.6. The zero-order valence-corrected chi connectivity index (χ0v) is 19.3. The van der Waals surface area contributed by atoms with Crippen molar-refractivity contribution in [3.63, 3.8) is 0 Å². The van der Waals surface area contributed by atoms with Gasteiger partial charge >= 0.3 is 6.18 Å². The number of halogens is 3. The first kappa shape index (κ1) is 23.7. The van der Waals surface area contributed by atoms with Crippen LogP contribution in [0.2, 0.25) is 0 Å². The van der Waals surface area contributed by atoms with Crippen molar-refractivity contribution in [2.45, 2.75) is 50.9 Å². The maximum absolute atomic E-state index is 12.6. The number of nitrogens with two attached hydrogens (primary N) is 1. The molecule has 4 bridgehead atoms. The van der Waals surface area contributed by atoms with Gasteiger partial charge in [-0.1, -0.05) is 18.2 Å². The van der Waals surface area contributed by atoms with Crippen LogP contribution < -0.4 is 21.1 Å². The van der Waals surface area contributed by atoms with Gasteiger partial charge in [-0.25, -0.2) is 4.98 Å². The molecule has 2 aromatic rings. The molecule has 1 aromatic carbocycles. The molecule has 0 spiro atoms. The smallest absolute Gasteiger partial charge is 0.422 e. The highest BCUT2D eigenvalue weighted by molar-refractivity contribution is 5.53. The molecule has 186 valence electrons. The predicted molar refractivity (Wildman–Crippen MR) is 125 cm³/mol. The fraction of sp³-hybridized carbons (Fsp3) is 0.560. The Kier molecular flexibility index (Phi) is 6.21. The van der Waals surface area contributed by atoms with Crippen molar-refractivity contribution in [3.8, 4) is 11.8 Å². The number of nitriles is 1. The van der Waals surface area contributed by atoms with E-state index in [0.717, 1.165) is 25.3 Å². The van der Waals surface area contributed by atoms with Crippen molar-refractivity contribution in [1.29, 1.82) is 5.26 Å². The lowest BCUT2D eigenvalue weighted by molar-refractivity contribution is -0.153. The normalized spacial score (nSPS) is 29.0. The van der Waals surface area contributed by atoms with Gasteiger partial charge in [0.25, 0.3) is 0 Å². The van der Waals surface area contributed by atoms with Gasteiger partial charge in [0.05, 0.1) is 6.20 Å². The summed E-state index contributed by atoms with van der Waals surface area (Å²) in [5.41, 5.74) is 7.56. The standard InChI is InChI=1S/C25H29F3N6O/c26-25(27,28)14-35-20-4-2-1-3-16(20)11-31-23-32-12-19(10-29)22(34-23)33-13-24-7-15-5-17(8-24)21(30)18(6-15)9-24/h1-4,12,15,17-18,21H,5-9,11,13-14,30H2,(H2,31,32,33,34)/t15?,17-,18+,21?,24?. The maximum atomic E-state index is 12.6. The quantitative estimate of drug-likeness (QED) is 0.505. The third-order valence-electron chi connectivity index (χ3n) is 7.81. The molecule has 7 nitrogen and oxygen atoms in total. The molecular formula is C25H29F3N6O. The minimum Gasteiger partial charge on any atom is -0.484 e. The molecular weight excluding hydrogens is 457 g/mol. The fourth-order valence-corrected chi connectivity index (χ4v) is 6.53. The average Bonchev–Trinajstić information content (AvgIpc) is 2.83. The predicted octanol–water partition coefficient (Wildman–Crippen LogP) is 4.47. The van der Waals surface area contributed by atoms with Gasteiger partial charge in [-0.3, -0.25) is 0 Å². The van der Waals surface area contributed by atoms with Gasteiger partial charge in [0.1, 0.15) is 23.2 Å². The number of alkyl halides is 3. The van der Waals surface area contributed by atoms with E-state index in [1.165, 1.54) is 31.5 Å². The van der Waals surface area contributed by atoms with Crippen LogP contribution in [0.4, 0.5) is 24.9 Å². The van der Waals surface area contributed by atoms with Crippen molar-refractivity contribution in [1.82, 2.24) is 9.97 Å². The van der Waals surface area contributed by atoms with Crippen LogP contribution in [-0.4, -0.2) is 35.3 Å². The van der Waals surface area contributed by atoms with E-state index in [0.29, 0.717) is 34.8 Å². The summed E-state index contributed by atoms with van der Waals surface area (Å²) in [6.07, 6.45) is 2.92. The molecule has 0 radical (unpaired) electrons. The number of hydrogen-bond acceptors (Lipinski definition) is 7. The van der Waals surface area contributed by atoms with E-state index in [-0.39, 0.29) is 23.7 Å². The third kappa shape index (κ3) is 5.15. The molecule has 5 atom stereocenters. The van der Waals surface area contributed by atoms with E-state index in [1.807, 2.05) is 0 Å². The van der Waals surface area contributed by atoms with Crippen LogP contribution in [0.3, 0.4) is 0 Å². The summed E-state index contributed by atoms with van der Waals surface area (Å²) in [4.78, 5) is 8.71. The number of para-hydroxylation sites is 1. The van der Waals surface area contributed by atoms with Crippen LogP contribution in [0.25, 0.3) is 0 Å². The number of anilines is 2. The Morgan fingerprint density at radius 3 is 2.60 bits per heavy atom. The highest BCUT2D eigenvalue weighted by Crippen LogP contribution is 2.59. The second kappa shape index (κ2) is 9.19. The molecule has 10 heteroatoms. The van der Waals surface area contributed by atoms with Gasteiger partial charge in [-0.2, -0.15) is 23.4 Å². The number of hydrogen-bond donors (Lipinski definition) is 3. The minimum atomic E-state index is -4.42. The average molecular weight is 487 g/mol. The van der Waals surface area contributed by atoms with Gasteiger partial charge in [0.15, 0.2) is 6.61 Å². The highest BCUT2D eigenvalue weighted by Gasteiger charge is 2.54. The number of benzene rings is 1. The van der Waals surface area contributed by atoms with Crippen LogP contribution >= 0.6 is 0 Å². The van der Waals surface area contributed by atoms with Crippen molar-refractivity contribution in [3.05, 3.63) is 41.6 Å². The summed E-state index contributed by atoms with van der Waals surface area (Å²) in [5.74, 6) is 2.80. The Hall–Kier alpha value is -3.06. The van der Waals surface area contributed by atoms with Gasteiger partial charge < -0.3 is 21.1 Å². The molecule has 0 aliphatic heterocycles. The Bertz CT molecular complexity index is 1100. The van der Waals surface area contributed by atoms with Crippen molar-refractivity contribution in [2.75, 3.05) is 23.8 Å². The SMILES string of the molecule is N#Cc1cnc(NCc2ccccc2OCC(F)(F)F)nc1NCC12CC3C[C@H](C1)C(N)[C@@H](C3)C2. The number of ether oxygens (including phenoxy) is 1. The molecule has 0 saturated heterocycles. The van der Waals surface area contributed by atoms with Crippen LogP contribution in [0.15, 0.2) is 30.5 Å². The fourth-order valence-electron chi connectivity index (χ4n) is 6.53. The molecule has 4 fully saturated rings. The molecule has 4 N–H and O–H groups in total. The topological polar surface area (TPSA) is 109 Å². The van der Waals surface area contributed by atoms with E-state index in [2.05, 4.69) is 26.7 Å². The molecule has 0 amide bonds. The van der Waals surface area contributed by atoms with E-state index < -0.39 is 12.8 Å². The first-order chi connectivity index (χ1) is 16.7. The van der Waals surface area contributed by atoms with E-state index in [4.69, 9.17) is 10.5 Å². The first-order valence-corrected chi connectivity index (χ1v) is 12.0. The van der Waals surface area contributed by atoms with Crippen LogP contribution in [0.5, 0.6) is 5.75 Å². The molecule has 35 heavy (non-hydrogen) atoms. The Labute approximate surface area is 202 Å². The molecule has 6 rings (SSSR count). The lowest BCUT2D eigenvalue weighted by Gasteiger charge is -2.59. The van der Waals surface area contributed by atoms with Crippen LogP contribution in [-0.2, 0) is 6.54 Å². The van der Waals surface area contributed by atoms with Crippen molar-refractivity contribution < 1.29 is 17.9 Å². The Morgan fingerprint density at radius 1 is 1.14 bits per heavy atom.